The Balaban J connectivity index is 0.000000412. The SMILES string of the molecule is CCCCCCc1ccsc1-c1ccnc(/C([NH-])=C/C(=N)C(F)(F)F)c1.O=COC#Cc1ccnc(-c2cc(/C=C/OC=O)cc(-c3cc(C#COC=O)ccn3)n2)c1.[N-]=C=S.[Ru+2]. The average molecular weight is 979 g/mol. The van der Waals surface area contributed by atoms with Gasteiger partial charge in [0.1, 0.15) is 17.9 Å². The fourth-order valence-corrected chi connectivity index (χ4v) is 6.08. The maximum atomic E-state index is 12.5. The topological polar surface area (TPSA) is 200 Å². The second-order valence-corrected chi connectivity index (χ2v) is 13.1. The molecule has 5 rings (SSSR count). The molecule has 2 N–H and O–H groups in total. The Hall–Kier alpha value is -7.01. The summed E-state index contributed by atoms with van der Waals surface area (Å²) in [5, 5.41) is 17.5. The predicted octanol–water partition coefficient (Wildman–Crippen LogP) is 9.88. The zero-order chi connectivity index (χ0) is 45.2. The standard InChI is InChI=1S/C24H13N3O6.C19H21F3N3S.CNS.Ru/c28-15-31-8-3-18-1-6-25-21(11-18)23-13-20(5-10-33-17-30)14-24(27-23)22-12-19(2-7-26-22)4-9-32-16-29;1-2-3-4-5-6-13-8-10-26-18(13)14-7-9-25-16(11-14)15(23)12-17(24)19(20,21)22;2-1-3;/h1-2,5-7,10-17H;7-12,23-24H,2-6H2,1H3;;/q;2*-1;+2/b10-5+;15-12-,24-17?;;. The summed E-state index contributed by atoms with van der Waals surface area (Å²) in [6.07, 6.45) is 13.2. The number of isothiocyanates is 1. The van der Waals surface area contributed by atoms with Crippen molar-refractivity contribution < 1.29 is 61.2 Å². The first kappa shape index (κ1) is 52.1. The number of aromatic nitrogens is 4. The van der Waals surface area contributed by atoms with E-state index in [1.165, 1.54) is 42.4 Å². The van der Waals surface area contributed by atoms with Crippen LogP contribution in [0.4, 0.5) is 13.2 Å². The van der Waals surface area contributed by atoms with Crippen LogP contribution in [0.5, 0.6) is 0 Å². The normalized spacial score (nSPS) is 10.3. The molecule has 322 valence electrons. The Bertz CT molecular complexity index is 2470. The molecule has 0 atom stereocenters. The van der Waals surface area contributed by atoms with E-state index in [1.807, 2.05) is 5.38 Å². The van der Waals surface area contributed by atoms with Crippen molar-refractivity contribution in [2.45, 2.75) is 45.2 Å². The number of rotatable bonds is 15. The first-order chi connectivity index (χ1) is 30.0. The number of unbranched alkanes of at least 4 members (excludes halogenated alkanes) is 3. The smallest absolute Gasteiger partial charge is 0.753 e. The van der Waals surface area contributed by atoms with Crippen LogP contribution in [-0.2, 0) is 54.5 Å². The van der Waals surface area contributed by atoms with E-state index in [9.17, 15) is 27.6 Å². The predicted molar refractivity (Wildman–Crippen MR) is 232 cm³/mol. The van der Waals surface area contributed by atoms with Gasteiger partial charge in [0, 0.05) is 40.3 Å². The zero-order valence-corrected chi connectivity index (χ0v) is 36.4. The third kappa shape index (κ3) is 18.2. The van der Waals surface area contributed by atoms with Gasteiger partial charge in [0.05, 0.1) is 29.0 Å². The molecule has 0 aromatic carbocycles. The minimum Gasteiger partial charge on any atom is -0.753 e. The molecule has 13 nitrogen and oxygen atoms in total. The molecule has 5 aromatic heterocycles. The van der Waals surface area contributed by atoms with Crippen LogP contribution < -0.4 is 0 Å². The molecule has 63 heavy (non-hydrogen) atoms. The molecule has 0 saturated carbocycles. The number of carbonyl (C=O) groups is 3. The Morgan fingerprint density at radius 2 is 1.44 bits per heavy atom. The van der Waals surface area contributed by atoms with Crippen LogP contribution in [-0.4, -0.2) is 56.4 Å². The van der Waals surface area contributed by atoms with Crippen molar-refractivity contribution in [3.63, 3.8) is 0 Å². The van der Waals surface area contributed by atoms with Crippen LogP contribution in [0.25, 0.3) is 56.1 Å². The van der Waals surface area contributed by atoms with Crippen molar-refractivity contribution >= 4 is 65.6 Å². The Kier molecular flexibility index (Phi) is 23.6. The van der Waals surface area contributed by atoms with Crippen molar-refractivity contribution in [3.8, 4) is 57.3 Å². The summed E-state index contributed by atoms with van der Waals surface area (Å²) < 4.78 is 50.9. The molecule has 0 radical (unpaired) electrons. The number of aryl methyl sites for hydroxylation is 1. The van der Waals surface area contributed by atoms with Crippen molar-refractivity contribution in [1.82, 2.24) is 19.9 Å². The van der Waals surface area contributed by atoms with Crippen LogP contribution in [0, 0.1) is 29.5 Å². The molecule has 0 aliphatic rings. The molecule has 5 heterocycles. The maximum absolute atomic E-state index is 12.5. The number of thiophene rings is 1. The van der Waals surface area contributed by atoms with Gasteiger partial charge in [-0.15, -0.1) is 17.0 Å². The quantitative estimate of drug-likeness (QED) is 0.0153. The number of halogens is 3. The van der Waals surface area contributed by atoms with Crippen molar-refractivity contribution in [2.75, 3.05) is 0 Å². The van der Waals surface area contributed by atoms with E-state index in [1.54, 1.807) is 78.3 Å². The third-order valence-corrected chi connectivity index (χ3v) is 8.84. The van der Waals surface area contributed by atoms with E-state index < -0.39 is 17.6 Å². The molecule has 5 aromatic rings. The van der Waals surface area contributed by atoms with Crippen molar-refractivity contribution in [2.24, 2.45) is 0 Å². The Morgan fingerprint density at radius 3 is 1.98 bits per heavy atom. The summed E-state index contributed by atoms with van der Waals surface area (Å²) in [6, 6.07) is 15.6. The molecule has 0 saturated heterocycles. The minimum atomic E-state index is -4.76. The number of thiocarbonyl (C=S) groups is 1. The summed E-state index contributed by atoms with van der Waals surface area (Å²) in [6.45, 7) is 2.93. The Labute approximate surface area is 382 Å². The molecule has 0 aliphatic carbocycles. The van der Waals surface area contributed by atoms with E-state index in [4.69, 9.17) is 16.6 Å². The second-order valence-electron chi connectivity index (χ2n) is 12.0. The van der Waals surface area contributed by atoms with Gasteiger partial charge in [0.25, 0.3) is 6.47 Å². The van der Waals surface area contributed by atoms with Gasteiger partial charge in [0.2, 0.25) is 0 Å². The van der Waals surface area contributed by atoms with Gasteiger partial charge in [-0.1, -0.05) is 38.4 Å². The van der Waals surface area contributed by atoms with Crippen LogP contribution in [0.1, 0.15) is 60.6 Å². The average Bonchev–Trinajstić information content (AvgIpc) is 3.74. The second kappa shape index (κ2) is 28.5. The van der Waals surface area contributed by atoms with Crippen LogP contribution >= 0.6 is 23.6 Å². The number of carbonyl (C=O) groups excluding carboxylic acids is 3. The number of hydrogen-bond acceptors (Lipinski definition) is 13. The van der Waals surface area contributed by atoms with Gasteiger partial charge in [-0.25, -0.2) is 4.98 Å². The first-order valence-corrected chi connectivity index (χ1v) is 19.3. The van der Waals surface area contributed by atoms with Gasteiger partial charge in [-0.2, -0.15) is 18.3 Å². The van der Waals surface area contributed by atoms with Crippen LogP contribution in [0.3, 0.4) is 0 Å². The molecule has 0 bridgehead atoms. The monoisotopic (exact) mass is 979 g/mol. The van der Waals surface area contributed by atoms with Gasteiger partial charge < -0.3 is 25.4 Å². The van der Waals surface area contributed by atoms with Crippen LogP contribution in [0.15, 0.2) is 90.9 Å². The zero-order valence-electron chi connectivity index (χ0n) is 33.0. The minimum absolute atomic E-state index is 0. The van der Waals surface area contributed by atoms with E-state index >= 15 is 0 Å². The van der Waals surface area contributed by atoms with Gasteiger partial charge >= 0.3 is 38.6 Å². The molecule has 19 heteroatoms. The third-order valence-electron chi connectivity index (χ3n) is 7.83. The number of ether oxygens (including phenoxy) is 3. The van der Waals surface area contributed by atoms with Crippen molar-refractivity contribution in [3.05, 3.63) is 130 Å². The molecular weight excluding hydrogens is 945 g/mol. The number of nitrogens with one attached hydrogen (secondary N) is 2. The Morgan fingerprint density at radius 1 is 0.857 bits per heavy atom. The van der Waals surface area contributed by atoms with Gasteiger partial charge in [0.15, 0.2) is 0 Å². The molecule has 0 aliphatic heterocycles. The summed E-state index contributed by atoms with van der Waals surface area (Å²) in [5.41, 5.74) is 11.8. The number of allylic oxidation sites excluding steroid dienone is 1. The van der Waals surface area contributed by atoms with E-state index in [0.717, 1.165) is 23.3 Å². The number of pyridine rings is 4. The van der Waals surface area contributed by atoms with Crippen LogP contribution in [0.2, 0.25) is 0 Å². The summed E-state index contributed by atoms with van der Waals surface area (Å²) >= 11 is 5.27. The van der Waals surface area contributed by atoms with E-state index in [-0.39, 0.29) is 38.1 Å². The van der Waals surface area contributed by atoms with Crippen molar-refractivity contribution in [1.29, 1.82) is 5.41 Å². The number of alkyl halides is 3. The summed E-state index contributed by atoms with van der Waals surface area (Å²) in [4.78, 5) is 49.4. The fourth-order valence-electron chi connectivity index (χ4n) is 5.13. The number of nitrogens with zero attached hydrogens (tertiary/aromatic N) is 5. The van der Waals surface area contributed by atoms with E-state index in [0.29, 0.717) is 52.0 Å². The number of hydrogen-bond donors (Lipinski definition) is 1. The summed E-state index contributed by atoms with van der Waals surface area (Å²) in [5.74, 6) is 5.36. The fraction of sp³-hybridized carbons (Fsp3) is 0.159. The molecule has 0 fully saturated rings. The van der Waals surface area contributed by atoms with Gasteiger partial charge in [-0.05, 0) is 114 Å². The molecule has 0 amide bonds. The molecule has 0 spiro atoms. The molecule has 0 unspecified atom stereocenters. The van der Waals surface area contributed by atoms with E-state index in [2.05, 4.69) is 83.4 Å². The maximum Gasteiger partial charge on any atom is 2.00 e. The molecular formula is C44H34F3N7O6RuS2. The largest absolute Gasteiger partial charge is 2.00 e. The summed E-state index contributed by atoms with van der Waals surface area (Å²) in [7, 11) is 0. The first-order valence-electron chi connectivity index (χ1n) is 18.0. The van der Waals surface area contributed by atoms with Gasteiger partial charge in [-0.3, -0.25) is 34.7 Å².